The van der Waals surface area contributed by atoms with Gasteiger partial charge < -0.3 is 10.1 Å². The minimum Gasteiger partial charge on any atom is -0.449 e. The van der Waals surface area contributed by atoms with Crippen molar-refractivity contribution < 1.29 is 27.1 Å². The van der Waals surface area contributed by atoms with Gasteiger partial charge in [-0.2, -0.15) is 0 Å². The third-order valence-electron chi connectivity index (χ3n) is 4.07. The van der Waals surface area contributed by atoms with E-state index in [-0.39, 0.29) is 22.2 Å². The molecule has 0 aliphatic heterocycles. The average Bonchev–Trinajstić information content (AvgIpc) is 3.47. The van der Waals surface area contributed by atoms with Gasteiger partial charge in [0.1, 0.15) is 5.82 Å². The Bertz CT molecular complexity index is 1000. The SMILES string of the molecule is C[C@H](OC(=O)c1cccc(S(=O)(=O)Nc2ccccc2F)c1)C(=O)NC1CC1. The highest BCUT2D eigenvalue weighted by atomic mass is 32.2. The number of sulfonamides is 1. The molecule has 1 aliphatic carbocycles. The zero-order valence-corrected chi connectivity index (χ0v) is 15.8. The molecule has 0 aromatic heterocycles. The predicted octanol–water partition coefficient (Wildman–Crippen LogP) is 2.45. The molecule has 1 atom stereocenters. The molecule has 1 aliphatic rings. The van der Waals surface area contributed by atoms with E-state index < -0.39 is 33.8 Å². The Balaban J connectivity index is 1.72. The van der Waals surface area contributed by atoms with Crippen LogP contribution in [0.5, 0.6) is 0 Å². The van der Waals surface area contributed by atoms with Crippen molar-refractivity contribution in [1.29, 1.82) is 0 Å². The molecule has 28 heavy (non-hydrogen) atoms. The lowest BCUT2D eigenvalue weighted by Crippen LogP contribution is -2.37. The largest absolute Gasteiger partial charge is 0.449 e. The highest BCUT2D eigenvalue weighted by Gasteiger charge is 2.27. The minimum atomic E-state index is -4.12. The summed E-state index contributed by atoms with van der Waals surface area (Å²) >= 11 is 0. The van der Waals surface area contributed by atoms with Gasteiger partial charge in [-0.25, -0.2) is 17.6 Å². The molecule has 1 amide bonds. The zero-order valence-electron chi connectivity index (χ0n) is 15.0. The molecular weight excluding hydrogens is 387 g/mol. The summed E-state index contributed by atoms with van der Waals surface area (Å²) in [4.78, 5) is 23.9. The fraction of sp³-hybridized carbons (Fsp3) is 0.263. The summed E-state index contributed by atoms with van der Waals surface area (Å²) < 4.78 is 45.9. The van der Waals surface area contributed by atoms with Crippen molar-refractivity contribution in [2.75, 3.05) is 4.72 Å². The lowest BCUT2D eigenvalue weighted by molar-refractivity contribution is -0.129. The number of para-hydroxylation sites is 1. The van der Waals surface area contributed by atoms with Crippen LogP contribution in [0.1, 0.15) is 30.1 Å². The maximum absolute atomic E-state index is 13.7. The maximum atomic E-state index is 13.7. The first kappa shape index (κ1) is 19.8. The van der Waals surface area contributed by atoms with E-state index in [9.17, 15) is 22.4 Å². The Morgan fingerprint density at radius 2 is 1.86 bits per heavy atom. The van der Waals surface area contributed by atoms with Crippen LogP contribution in [0.15, 0.2) is 53.4 Å². The first-order chi connectivity index (χ1) is 13.3. The number of hydrogen-bond acceptors (Lipinski definition) is 5. The molecule has 2 N–H and O–H groups in total. The number of benzene rings is 2. The molecule has 1 saturated carbocycles. The van der Waals surface area contributed by atoms with Gasteiger partial charge in [0.05, 0.1) is 16.1 Å². The van der Waals surface area contributed by atoms with E-state index in [1.165, 1.54) is 43.3 Å². The molecule has 7 nitrogen and oxygen atoms in total. The predicted molar refractivity (Wildman–Crippen MR) is 99.7 cm³/mol. The number of carbonyl (C=O) groups excluding carboxylic acids is 2. The van der Waals surface area contributed by atoms with Crippen LogP contribution in [0.4, 0.5) is 10.1 Å². The van der Waals surface area contributed by atoms with Crippen LogP contribution in [0.3, 0.4) is 0 Å². The van der Waals surface area contributed by atoms with Gasteiger partial charge in [-0.05, 0) is 50.1 Å². The number of amides is 1. The van der Waals surface area contributed by atoms with Crippen molar-refractivity contribution in [1.82, 2.24) is 5.32 Å². The normalized spacial score (nSPS) is 14.8. The second-order valence-corrected chi connectivity index (χ2v) is 8.13. The first-order valence-electron chi connectivity index (χ1n) is 8.65. The van der Waals surface area contributed by atoms with Crippen LogP contribution in [-0.2, 0) is 19.6 Å². The molecule has 0 saturated heterocycles. The Morgan fingerprint density at radius 3 is 2.54 bits per heavy atom. The molecule has 0 bridgehead atoms. The van der Waals surface area contributed by atoms with E-state index in [1.807, 2.05) is 0 Å². The topological polar surface area (TPSA) is 102 Å². The first-order valence-corrected chi connectivity index (χ1v) is 10.1. The Morgan fingerprint density at radius 1 is 1.14 bits per heavy atom. The summed E-state index contributed by atoms with van der Waals surface area (Å²) in [6, 6.07) is 10.6. The van der Waals surface area contributed by atoms with Gasteiger partial charge in [-0.1, -0.05) is 18.2 Å². The van der Waals surface area contributed by atoms with Crippen molar-refractivity contribution in [3.8, 4) is 0 Å². The minimum absolute atomic E-state index is 0.0394. The van der Waals surface area contributed by atoms with Gasteiger partial charge in [0, 0.05) is 6.04 Å². The summed E-state index contributed by atoms with van der Waals surface area (Å²) in [5.74, 6) is -1.96. The number of halogens is 1. The van der Waals surface area contributed by atoms with Crippen molar-refractivity contribution in [3.05, 3.63) is 59.9 Å². The number of nitrogens with one attached hydrogen (secondary N) is 2. The molecule has 3 rings (SSSR count). The van der Waals surface area contributed by atoms with Crippen molar-refractivity contribution in [2.45, 2.75) is 36.8 Å². The third-order valence-corrected chi connectivity index (χ3v) is 5.44. The fourth-order valence-corrected chi connectivity index (χ4v) is 3.48. The highest BCUT2D eigenvalue weighted by Crippen LogP contribution is 2.21. The molecule has 0 heterocycles. The Hall–Kier alpha value is -2.94. The summed E-state index contributed by atoms with van der Waals surface area (Å²) in [5.41, 5.74) is -0.247. The van der Waals surface area contributed by atoms with Gasteiger partial charge in [0.25, 0.3) is 15.9 Å². The van der Waals surface area contributed by atoms with Gasteiger partial charge in [-0.3, -0.25) is 9.52 Å². The van der Waals surface area contributed by atoms with E-state index >= 15 is 0 Å². The van der Waals surface area contributed by atoms with Crippen LogP contribution < -0.4 is 10.0 Å². The molecule has 0 radical (unpaired) electrons. The number of ether oxygens (including phenoxy) is 1. The van der Waals surface area contributed by atoms with E-state index in [2.05, 4.69) is 10.0 Å². The zero-order chi connectivity index (χ0) is 20.3. The molecule has 9 heteroatoms. The molecular formula is C19H19FN2O5S. The van der Waals surface area contributed by atoms with Gasteiger partial charge >= 0.3 is 5.97 Å². The highest BCUT2D eigenvalue weighted by molar-refractivity contribution is 7.92. The standard InChI is InChI=1S/C19H19FN2O5S/c1-12(18(23)21-14-9-10-14)27-19(24)13-5-4-6-15(11-13)28(25,26)22-17-8-3-2-7-16(17)20/h2-8,11-12,14,22H,9-10H2,1H3,(H,21,23)/t12-/m0/s1. The summed E-state index contributed by atoms with van der Waals surface area (Å²) in [5, 5.41) is 2.72. The second kappa shape index (κ2) is 7.97. The lowest BCUT2D eigenvalue weighted by Gasteiger charge is -2.14. The Labute approximate surface area is 161 Å². The van der Waals surface area contributed by atoms with E-state index in [4.69, 9.17) is 4.74 Å². The number of carbonyl (C=O) groups is 2. The van der Waals surface area contributed by atoms with Crippen LogP contribution in [0.25, 0.3) is 0 Å². The van der Waals surface area contributed by atoms with Crippen LogP contribution in [0.2, 0.25) is 0 Å². The molecule has 148 valence electrons. The van der Waals surface area contributed by atoms with E-state index in [0.29, 0.717) is 0 Å². The van der Waals surface area contributed by atoms with E-state index in [0.717, 1.165) is 25.0 Å². The molecule has 2 aromatic carbocycles. The van der Waals surface area contributed by atoms with E-state index in [1.54, 1.807) is 0 Å². The van der Waals surface area contributed by atoms with Crippen molar-refractivity contribution in [3.63, 3.8) is 0 Å². The second-order valence-electron chi connectivity index (χ2n) is 6.44. The number of hydrogen-bond donors (Lipinski definition) is 2. The molecule has 1 fully saturated rings. The lowest BCUT2D eigenvalue weighted by atomic mass is 10.2. The van der Waals surface area contributed by atoms with Crippen LogP contribution >= 0.6 is 0 Å². The summed E-state index contributed by atoms with van der Waals surface area (Å²) in [7, 11) is -4.12. The van der Waals surface area contributed by atoms with Gasteiger partial charge in [-0.15, -0.1) is 0 Å². The van der Waals surface area contributed by atoms with Crippen LogP contribution in [0, 0.1) is 5.82 Å². The maximum Gasteiger partial charge on any atom is 0.338 e. The van der Waals surface area contributed by atoms with Crippen molar-refractivity contribution >= 4 is 27.6 Å². The number of anilines is 1. The molecule has 0 unspecified atom stereocenters. The number of rotatable bonds is 7. The smallest absolute Gasteiger partial charge is 0.338 e. The molecule has 2 aromatic rings. The fourth-order valence-electron chi connectivity index (χ4n) is 2.37. The summed E-state index contributed by atoms with van der Waals surface area (Å²) in [6.45, 7) is 1.44. The van der Waals surface area contributed by atoms with Gasteiger partial charge in [0.15, 0.2) is 6.10 Å². The Kier molecular flexibility index (Phi) is 5.64. The number of esters is 1. The summed E-state index contributed by atoms with van der Waals surface area (Å²) in [6.07, 6.45) is 0.799. The quantitative estimate of drug-likeness (QED) is 0.688. The van der Waals surface area contributed by atoms with Crippen LogP contribution in [-0.4, -0.2) is 32.4 Å². The monoisotopic (exact) mass is 406 g/mol. The van der Waals surface area contributed by atoms with Crippen molar-refractivity contribution in [2.24, 2.45) is 0 Å². The van der Waals surface area contributed by atoms with Gasteiger partial charge in [0.2, 0.25) is 0 Å². The average molecular weight is 406 g/mol. The molecule has 0 spiro atoms. The third kappa shape index (κ3) is 4.86.